The zero-order valence-corrected chi connectivity index (χ0v) is 18.4. The van der Waals surface area contributed by atoms with Crippen molar-refractivity contribution in [3.8, 4) is 11.3 Å². The van der Waals surface area contributed by atoms with Gasteiger partial charge in [-0.3, -0.25) is 9.20 Å². The first-order chi connectivity index (χ1) is 15.8. The normalized spacial score (nSPS) is 25.6. The lowest BCUT2D eigenvalue weighted by molar-refractivity contribution is -0.0912. The molecule has 2 aliphatic rings. The van der Waals surface area contributed by atoms with E-state index in [9.17, 15) is 13.6 Å². The molecule has 5 rings (SSSR count). The monoisotopic (exact) mass is 459 g/mol. The van der Waals surface area contributed by atoms with E-state index in [0.29, 0.717) is 43.0 Å². The van der Waals surface area contributed by atoms with Crippen LogP contribution in [0.5, 0.6) is 0 Å². The summed E-state index contributed by atoms with van der Waals surface area (Å²) in [7, 11) is 0. The maximum Gasteiger partial charge on any atom is 0.261 e. The van der Waals surface area contributed by atoms with Crippen LogP contribution in [0, 0.1) is 25.5 Å². The molecule has 33 heavy (non-hydrogen) atoms. The van der Waals surface area contributed by atoms with Gasteiger partial charge in [0, 0.05) is 54.6 Å². The fraction of sp³-hybridized carbons (Fsp3) is 0.458. The summed E-state index contributed by atoms with van der Waals surface area (Å²) < 4.78 is 56.0. The minimum Gasteiger partial charge on any atom is -0.378 e. The third-order valence-electron chi connectivity index (χ3n) is 6.77. The average Bonchev–Trinajstić information content (AvgIpc) is 3.25. The first-order valence-corrected chi connectivity index (χ1v) is 11.0. The molecule has 0 bridgehead atoms. The highest BCUT2D eigenvalue weighted by atomic mass is 19.1. The van der Waals surface area contributed by atoms with Gasteiger partial charge in [-0.25, -0.2) is 23.1 Å². The number of aromatic nitrogens is 3. The Morgan fingerprint density at radius 1 is 1.18 bits per heavy atom. The van der Waals surface area contributed by atoms with E-state index < -0.39 is 23.4 Å². The number of alkyl halides is 1. The van der Waals surface area contributed by atoms with Crippen molar-refractivity contribution in [2.75, 3.05) is 19.8 Å². The topological polar surface area (TPSA) is 65.7 Å². The van der Waals surface area contributed by atoms with E-state index in [1.54, 1.807) is 20.0 Å². The van der Waals surface area contributed by atoms with Crippen molar-refractivity contribution in [3.63, 3.8) is 0 Å². The van der Waals surface area contributed by atoms with Gasteiger partial charge >= 0.3 is 0 Å². The molecule has 1 unspecified atom stereocenters. The smallest absolute Gasteiger partial charge is 0.261 e. The molecular formula is C24H24F3N3O3. The van der Waals surface area contributed by atoms with E-state index in [4.69, 9.17) is 9.47 Å². The number of benzene rings is 1. The first kappa shape index (κ1) is 22.0. The van der Waals surface area contributed by atoms with Crippen LogP contribution >= 0.6 is 0 Å². The number of ether oxygens (including phenoxy) is 2. The van der Waals surface area contributed by atoms with Gasteiger partial charge in [-0.05, 0) is 38.8 Å². The second-order valence-corrected chi connectivity index (χ2v) is 8.88. The molecule has 0 N–H and O–H groups in total. The summed E-state index contributed by atoms with van der Waals surface area (Å²) in [5.74, 6) is -1.73. The number of nitrogens with zero attached hydrogens (tertiary/aromatic N) is 3. The maximum atomic E-state index is 15.3. The van der Waals surface area contributed by atoms with E-state index in [0.717, 1.165) is 12.1 Å². The molecule has 0 aliphatic carbocycles. The minimum atomic E-state index is -1.56. The van der Waals surface area contributed by atoms with E-state index in [1.807, 2.05) is 0 Å². The summed E-state index contributed by atoms with van der Waals surface area (Å²) in [6.07, 6.45) is 2.15. The van der Waals surface area contributed by atoms with Crippen LogP contribution in [-0.4, -0.2) is 46.0 Å². The van der Waals surface area contributed by atoms with Crippen LogP contribution in [0.25, 0.3) is 16.9 Å². The van der Waals surface area contributed by atoms with Crippen molar-refractivity contribution < 1.29 is 22.6 Å². The molecule has 2 saturated heterocycles. The molecule has 3 atom stereocenters. The van der Waals surface area contributed by atoms with Gasteiger partial charge in [0.15, 0.2) is 11.3 Å². The molecule has 2 fully saturated rings. The van der Waals surface area contributed by atoms with Crippen molar-refractivity contribution in [2.45, 2.75) is 50.8 Å². The van der Waals surface area contributed by atoms with Gasteiger partial charge in [0.1, 0.15) is 17.3 Å². The van der Waals surface area contributed by atoms with Crippen molar-refractivity contribution in [2.24, 2.45) is 0 Å². The molecule has 9 heteroatoms. The predicted octanol–water partition coefficient (Wildman–Crippen LogP) is 4.04. The number of halogens is 3. The Bertz CT molecular complexity index is 1290. The second kappa shape index (κ2) is 8.22. The van der Waals surface area contributed by atoms with E-state index in [-0.39, 0.29) is 41.4 Å². The van der Waals surface area contributed by atoms with Gasteiger partial charge in [0.2, 0.25) is 0 Å². The lowest BCUT2D eigenvalue weighted by Crippen LogP contribution is -2.44. The molecule has 2 aliphatic heterocycles. The molecule has 6 nitrogen and oxygen atoms in total. The number of aryl methyl sites for hydroxylation is 1. The molecule has 2 aromatic heterocycles. The minimum absolute atomic E-state index is 0.0105. The van der Waals surface area contributed by atoms with E-state index in [1.165, 1.54) is 10.5 Å². The first-order valence-electron chi connectivity index (χ1n) is 11.0. The largest absolute Gasteiger partial charge is 0.378 e. The van der Waals surface area contributed by atoms with E-state index >= 15 is 4.39 Å². The molecule has 0 saturated carbocycles. The van der Waals surface area contributed by atoms with Crippen LogP contribution in [0.3, 0.4) is 0 Å². The third-order valence-corrected chi connectivity index (χ3v) is 6.77. The quantitative estimate of drug-likeness (QED) is 0.592. The molecule has 3 aromatic rings. The number of hydrogen-bond donors (Lipinski definition) is 0. The maximum absolute atomic E-state index is 15.3. The van der Waals surface area contributed by atoms with Gasteiger partial charge in [-0.2, -0.15) is 0 Å². The van der Waals surface area contributed by atoms with Crippen LogP contribution in [-0.2, 0) is 9.47 Å². The Balaban J connectivity index is 1.66. The lowest BCUT2D eigenvalue weighted by atomic mass is 9.85. The van der Waals surface area contributed by atoms with Crippen molar-refractivity contribution >= 4 is 5.65 Å². The molecule has 4 heterocycles. The van der Waals surface area contributed by atoms with Gasteiger partial charge in [0.25, 0.3) is 5.56 Å². The summed E-state index contributed by atoms with van der Waals surface area (Å²) in [6.45, 7) is 4.04. The fourth-order valence-electron chi connectivity index (χ4n) is 4.65. The molecule has 0 radical (unpaired) electrons. The Hall–Kier alpha value is -2.78. The number of fused-ring (bicyclic) bond motifs is 1. The predicted molar refractivity (Wildman–Crippen MR) is 115 cm³/mol. The van der Waals surface area contributed by atoms with Crippen LogP contribution in [0.15, 0.2) is 29.2 Å². The Morgan fingerprint density at radius 3 is 2.73 bits per heavy atom. The Morgan fingerprint density at radius 2 is 2.00 bits per heavy atom. The van der Waals surface area contributed by atoms with E-state index in [2.05, 4.69) is 9.97 Å². The highest BCUT2D eigenvalue weighted by Gasteiger charge is 2.46. The summed E-state index contributed by atoms with van der Waals surface area (Å²) in [6, 6.07) is 3.20. The van der Waals surface area contributed by atoms with Crippen LogP contribution in [0.1, 0.15) is 42.1 Å². The summed E-state index contributed by atoms with van der Waals surface area (Å²) in [4.78, 5) is 22.2. The standard InChI is InChI=1S/C24H24F3N3O3/c1-13-14(2)28-22-21(17-4-3-16(25)10-18(17)26)29-19(11-30(22)23(13)31)15-5-7-33-20(9-15)24(27)6-8-32-12-24/h3-4,10-11,15,20H,5-9,12H2,1-2H3/t15-,20+,24?/m0/s1. The van der Waals surface area contributed by atoms with Gasteiger partial charge in [-0.15, -0.1) is 0 Å². The Labute approximate surface area is 188 Å². The third kappa shape index (κ3) is 3.83. The zero-order chi connectivity index (χ0) is 23.3. The highest BCUT2D eigenvalue weighted by molar-refractivity contribution is 5.74. The summed E-state index contributed by atoms with van der Waals surface area (Å²) in [5, 5.41) is 0. The second-order valence-electron chi connectivity index (χ2n) is 8.88. The molecule has 0 amide bonds. The fourth-order valence-corrected chi connectivity index (χ4v) is 4.65. The van der Waals surface area contributed by atoms with Crippen LogP contribution < -0.4 is 5.56 Å². The summed E-state index contributed by atoms with van der Waals surface area (Å²) >= 11 is 0. The number of rotatable bonds is 3. The highest BCUT2D eigenvalue weighted by Crippen LogP contribution is 2.39. The molecule has 0 spiro atoms. The summed E-state index contributed by atoms with van der Waals surface area (Å²) in [5.41, 5.74) is 0.00742. The van der Waals surface area contributed by atoms with Crippen LogP contribution in [0.2, 0.25) is 0 Å². The number of hydrogen-bond acceptors (Lipinski definition) is 5. The van der Waals surface area contributed by atoms with Crippen molar-refractivity contribution in [1.29, 1.82) is 0 Å². The zero-order valence-electron chi connectivity index (χ0n) is 18.4. The van der Waals surface area contributed by atoms with Crippen LogP contribution in [0.4, 0.5) is 13.2 Å². The van der Waals surface area contributed by atoms with Gasteiger partial charge in [0.05, 0.1) is 18.4 Å². The van der Waals surface area contributed by atoms with Crippen molar-refractivity contribution in [1.82, 2.24) is 14.4 Å². The molecule has 174 valence electrons. The Kier molecular flexibility index (Phi) is 5.49. The lowest BCUT2D eigenvalue weighted by Gasteiger charge is -2.36. The molecule has 1 aromatic carbocycles. The van der Waals surface area contributed by atoms with Gasteiger partial charge < -0.3 is 9.47 Å². The SMILES string of the molecule is Cc1nc2c(-c3ccc(F)cc3F)nc([C@H]3CCO[C@@H](C4(F)CCOC4)C3)cn2c(=O)c1C. The van der Waals surface area contributed by atoms with Gasteiger partial charge in [-0.1, -0.05) is 0 Å². The average molecular weight is 459 g/mol. The van der Waals surface area contributed by atoms with Crippen molar-refractivity contribution in [3.05, 3.63) is 63.3 Å². The molecular weight excluding hydrogens is 435 g/mol.